The molecule has 0 heterocycles. The van der Waals surface area contributed by atoms with Crippen LogP contribution in [0.3, 0.4) is 0 Å². The van der Waals surface area contributed by atoms with Crippen molar-refractivity contribution < 1.29 is 13.9 Å². The van der Waals surface area contributed by atoms with Crippen LogP contribution in [0.4, 0.5) is 8.78 Å². The van der Waals surface area contributed by atoms with Gasteiger partial charge in [-0.3, -0.25) is 0 Å². The van der Waals surface area contributed by atoms with Gasteiger partial charge in [0.05, 0.1) is 6.10 Å². The van der Waals surface area contributed by atoms with Gasteiger partial charge in [-0.05, 0) is 23.8 Å². The predicted octanol–water partition coefficient (Wildman–Crippen LogP) is 3.50. The van der Waals surface area contributed by atoms with Crippen molar-refractivity contribution in [2.45, 2.75) is 12.0 Å². The lowest BCUT2D eigenvalue weighted by Gasteiger charge is -2.22. The number of nitrogens with two attached hydrogens (primary N) is 1. The van der Waals surface area contributed by atoms with Crippen molar-refractivity contribution in [3.63, 3.8) is 0 Å². The first-order valence-corrected chi connectivity index (χ1v) is 6.90. The molecule has 2 unspecified atom stereocenters. The lowest BCUT2D eigenvalue weighted by Crippen LogP contribution is -2.21. The summed E-state index contributed by atoms with van der Waals surface area (Å²) in [6.07, 6.45) is -1.12. The monoisotopic (exact) mass is 341 g/mol. The molecule has 2 aromatic rings. The van der Waals surface area contributed by atoms with Gasteiger partial charge < -0.3 is 10.8 Å². The van der Waals surface area contributed by atoms with Crippen LogP contribution in [-0.4, -0.2) is 11.7 Å². The van der Waals surface area contributed by atoms with Gasteiger partial charge in [0.1, 0.15) is 11.6 Å². The van der Waals surface area contributed by atoms with Crippen LogP contribution >= 0.6 is 15.9 Å². The lowest BCUT2D eigenvalue weighted by atomic mass is 9.89. The Labute approximate surface area is 124 Å². The minimum Gasteiger partial charge on any atom is -0.388 e. The standard InChI is InChI=1S/C15H14BrF2NO/c16-10-3-1-9(2-4-10)13(8-19)15(20)12-6-5-11(17)7-14(12)18/h1-7,13,15,20H,8,19H2. The number of aliphatic hydroxyl groups is 1. The van der Waals surface area contributed by atoms with E-state index in [9.17, 15) is 13.9 Å². The van der Waals surface area contributed by atoms with Crippen molar-refractivity contribution in [1.29, 1.82) is 0 Å². The van der Waals surface area contributed by atoms with Crippen LogP contribution in [0.25, 0.3) is 0 Å². The molecule has 2 aromatic carbocycles. The summed E-state index contributed by atoms with van der Waals surface area (Å²) < 4.78 is 27.5. The Hall–Kier alpha value is -1.30. The molecule has 2 nitrogen and oxygen atoms in total. The first-order valence-electron chi connectivity index (χ1n) is 6.11. The second kappa shape index (κ2) is 6.43. The van der Waals surface area contributed by atoms with Gasteiger partial charge in [0.15, 0.2) is 0 Å². The third kappa shape index (κ3) is 3.23. The number of aliphatic hydroxyl groups excluding tert-OH is 1. The van der Waals surface area contributed by atoms with Gasteiger partial charge in [0.2, 0.25) is 0 Å². The third-order valence-electron chi connectivity index (χ3n) is 3.21. The summed E-state index contributed by atoms with van der Waals surface area (Å²) in [5, 5.41) is 10.3. The molecule has 2 rings (SSSR count). The topological polar surface area (TPSA) is 46.2 Å². The van der Waals surface area contributed by atoms with Gasteiger partial charge in [-0.1, -0.05) is 34.1 Å². The van der Waals surface area contributed by atoms with Crippen LogP contribution in [0.2, 0.25) is 0 Å². The van der Waals surface area contributed by atoms with Gasteiger partial charge in [0, 0.05) is 28.6 Å². The molecule has 0 radical (unpaired) electrons. The summed E-state index contributed by atoms with van der Waals surface area (Å²) in [5.74, 6) is -1.90. The first-order chi connectivity index (χ1) is 9.52. The highest BCUT2D eigenvalue weighted by Gasteiger charge is 2.24. The fourth-order valence-electron chi connectivity index (χ4n) is 2.12. The van der Waals surface area contributed by atoms with E-state index >= 15 is 0 Å². The van der Waals surface area contributed by atoms with Gasteiger partial charge >= 0.3 is 0 Å². The highest BCUT2D eigenvalue weighted by atomic mass is 79.9. The van der Waals surface area contributed by atoms with E-state index < -0.39 is 23.7 Å². The van der Waals surface area contributed by atoms with Gasteiger partial charge in [-0.25, -0.2) is 8.78 Å². The maximum atomic E-state index is 13.7. The van der Waals surface area contributed by atoms with Crippen molar-refractivity contribution >= 4 is 15.9 Å². The number of hydrogen-bond acceptors (Lipinski definition) is 2. The van der Waals surface area contributed by atoms with Gasteiger partial charge in [-0.2, -0.15) is 0 Å². The molecule has 2 atom stereocenters. The Morgan fingerprint density at radius 1 is 1.10 bits per heavy atom. The summed E-state index contributed by atoms with van der Waals surface area (Å²) in [7, 11) is 0. The van der Waals surface area contributed by atoms with Crippen LogP contribution in [-0.2, 0) is 0 Å². The SMILES string of the molecule is NCC(c1ccc(Br)cc1)C(O)c1ccc(F)cc1F. The van der Waals surface area contributed by atoms with E-state index in [0.717, 1.165) is 22.2 Å². The summed E-state index contributed by atoms with van der Waals surface area (Å²) in [6, 6.07) is 10.4. The number of hydrogen-bond donors (Lipinski definition) is 2. The number of rotatable bonds is 4. The van der Waals surface area contributed by atoms with E-state index in [1.165, 1.54) is 6.07 Å². The highest BCUT2D eigenvalue weighted by Crippen LogP contribution is 2.32. The Kier molecular flexibility index (Phi) is 4.86. The normalized spacial score (nSPS) is 14.1. The molecule has 3 N–H and O–H groups in total. The molecule has 0 saturated heterocycles. The minimum absolute atomic E-state index is 0.0461. The summed E-state index contributed by atoms with van der Waals surface area (Å²) in [4.78, 5) is 0. The second-order valence-electron chi connectivity index (χ2n) is 4.50. The lowest BCUT2D eigenvalue weighted by molar-refractivity contribution is 0.143. The van der Waals surface area contributed by atoms with E-state index in [2.05, 4.69) is 15.9 Å². The van der Waals surface area contributed by atoms with Crippen molar-refractivity contribution in [3.8, 4) is 0 Å². The fourth-order valence-corrected chi connectivity index (χ4v) is 2.38. The first kappa shape index (κ1) is 15.1. The number of benzene rings is 2. The molecule has 0 fully saturated rings. The zero-order valence-electron chi connectivity index (χ0n) is 10.6. The van der Waals surface area contributed by atoms with Crippen LogP contribution in [0.15, 0.2) is 46.9 Å². The van der Waals surface area contributed by atoms with E-state index in [1.54, 1.807) is 0 Å². The average Bonchev–Trinajstić information content (AvgIpc) is 2.41. The third-order valence-corrected chi connectivity index (χ3v) is 3.74. The largest absolute Gasteiger partial charge is 0.388 e. The molecule has 0 aliphatic carbocycles. The van der Waals surface area contributed by atoms with E-state index in [0.29, 0.717) is 0 Å². The molecule has 0 aromatic heterocycles. The molecule has 0 aliphatic heterocycles. The Morgan fingerprint density at radius 3 is 2.30 bits per heavy atom. The zero-order valence-corrected chi connectivity index (χ0v) is 12.1. The maximum absolute atomic E-state index is 13.7. The predicted molar refractivity (Wildman–Crippen MR) is 77.3 cm³/mol. The molecular weight excluding hydrogens is 328 g/mol. The van der Waals surface area contributed by atoms with Crippen LogP contribution in [0, 0.1) is 11.6 Å². The molecule has 0 bridgehead atoms. The van der Waals surface area contributed by atoms with Crippen LogP contribution in [0.1, 0.15) is 23.1 Å². The minimum atomic E-state index is -1.12. The summed E-state index contributed by atoms with van der Waals surface area (Å²) >= 11 is 3.32. The van der Waals surface area contributed by atoms with Crippen molar-refractivity contribution in [1.82, 2.24) is 0 Å². The fraction of sp³-hybridized carbons (Fsp3) is 0.200. The summed E-state index contributed by atoms with van der Waals surface area (Å²) in [6.45, 7) is 0.152. The molecule has 0 saturated carbocycles. The molecule has 0 aliphatic rings. The molecule has 0 amide bonds. The molecule has 0 spiro atoms. The molecule has 106 valence electrons. The van der Waals surface area contributed by atoms with Crippen LogP contribution < -0.4 is 5.73 Å². The smallest absolute Gasteiger partial charge is 0.131 e. The molecule has 20 heavy (non-hydrogen) atoms. The van der Waals surface area contributed by atoms with Crippen LogP contribution in [0.5, 0.6) is 0 Å². The van der Waals surface area contributed by atoms with E-state index in [1.807, 2.05) is 24.3 Å². The van der Waals surface area contributed by atoms with Crippen molar-refractivity contribution in [2.24, 2.45) is 5.73 Å². The Morgan fingerprint density at radius 2 is 1.75 bits per heavy atom. The van der Waals surface area contributed by atoms with Crippen molar-refractivity contribution in [3.05, 3.63) is 69.7 Å². The Balaban J connectivity index is 2.33. The summed E-state index contributed by atoms with van der Waals surface area (Å²) in [5.41, 5.74) is 6.54. The molecule has 5 heteroatoms. The van der Waals surface area contributed by atoms with Gasteiger partial charge in [0.25, 0.3) is 0 Å². The van der Waals surface area contributed by atoms with Crippen molar-refractivity contribution in [2.75, 3.05) is 6.54 Å². The second-order valence-corrected chi connectivity index (χ2v) is 5.42. The zero-order chi connectivity index (χ0) is 14.7. The molecular formula is C15H14BrF2NO. The van der Waals surface area contributed by atoms with Gasteiger partial charge in [-0.15, -0.1) is 0 Å². The number of halogens is 3. The van der Waals surface area contributed by atoms with E-state index in [-0.39, 0.29) is 12.1 Å². The average molecular weight is 342 g/mol. The van der Waals surface area contributed by atoms with E-state index in [4.69, 9.17) is 5.73 Å². The quantitative estimate of drug-likeness (QED) is 0.893. The highest BCUT2D eigenvalue weighted by molar-refractivity contribution is 9.10. The maximum Gasteiger partial charge on any atom is 0.131 e. The Bertz CT molecular complexity index is 589.